The number of hydrogen-bond donors (Lipinski definition) is 0. The fourth-order valence-electron chi connectivity index (χ4n) is 2.62. The Morgan fingerprint density at radius 1 is 1.00 bits per heavy atom. The van der Waals surface area contributed by atoms with E-state index >= 15 is 0 Å². The minimum atomic E-state index is -0.460. The summed E-state index contributed by atoms with van der Waals surface area (Å²) in [5, 5.41) is 0. The van der Waals surface area contributed by atoms with Crippen LogP contribution in [-0.4, -0.2) is 19.5 Å². The third-order valence-electron chi connectivity index (χ3n) is 4.07. The van der Waals surface area contributed by atoms with Gasteiger partial charge in [-0.1, -0.05) is 42.3 Å². The summed E-state index contributed by atoms with van der Waals surface area (Å²) in [7, 11) is 0. The second kappa shape index (κ2) is 8.62. The zero-order valence-corrected chi connectivity index (χ0v) is 14.2. The first-order valence-electron chi connectivity index (χ1n) is 8.46. The molecule has 0 aliphatic carbocycles. The van der Waals surface area contributed by atoms with E-state index in [0.717, 1.165) is 23.1 Å². The first-order chi connectivity index (χ1) is 12.2. The maximum Gasteiger partial charge on any atom is 0.222 e. The summed E-state index contributed by atoms with van der Waals surface area (Å²) in [6, 6.07) is 14.3. The van der Waals surface area contributed by atoms with Crippen molar-refractivity contribution in [3.63, 3.8) is 0 Å². The van der Waals surface area contributed by atoms with Gasteiger partial charge in [0, 0.05) is 11.5 Å². The van der Waals surface area contributed by atoms with Crippen LogP contribution >= 0.6 is 0 Å². The van der Waals surface area contributed by atoms with Crippen molar-refractivity contribution in [1.29, 1.82) is 0 Å². The van der Waals surface area contributed by atoms with Gasteiger partial charge < -0.3 is 9.47 Å². The van der Waals surface area contributed by atoms with E-state index in [1.807, 2.05) is 37.3 Å². The minimum Gasteiger partial charge on any atom is -0.342 e. The molecule has 2 aromatic carbocycles. The fourth-order valence-corrected chi connectivity index (χ4v) is 2.62. The zero-order valence-electron chi connectivity index (χ0n) is 14.2. The zero-order chi connectivity index (χ0) is 17.5. The highest BCUT2D eigenvalue weighted by molar-refractivity contribution is 5.64. The number of allylic oxidation sites excluding steroid dienone is 2. The van der Waals surface area contributed by atoms with Gasteiger partial charge in [0.2, 0.25) is 6.29 Å². The molecule has 1 fully saturated rings. The first kappa shape index (κ1) is 17.4. The Labute approximate surface area is 148 Å². The Hall–Kier alpha value is -2.41. The van der Waals surface area contributed by atoms with Gasteiger partial charge in [0.25, 0.3) is 0 Å². The number of hydrogen-bond acceptors (Lipinski definition) is 2. The Morgan fingerprint density at radius 3 is 2.20 bits per heavy atom. The Morgan fingerprint density at radius 2 is 1.60 bits per heavy atom. The molecule has 0 spiro atoms. The van der Waals surface area contributed by atoms with E-state index in [-0.39, 0.29) is 5.82 Å². The highest BCUT2D eigenvalue weighted by Gasteiger charge is 2.19. The van der Waals surface area contributed by atoms with Crippen LogP contribution in [0.2, 0.25) is 0 Å². The van der Waals surface area contributed by atoms with Crippen LogP contribution in [0.25, 0.3) is 11.1 Å². The molecule has 2 nitrogen and oxygen atoms in total. The van der Waals surface area contributed by atoms with E-state index < -0.39 is 6.29 Å². The van der Waals surface area contributed by atoms with Crippen LogP contribution in [0.4, 0.5) is 4.39 Å². The van der Waals surface area contributed by atoms with Gasteiger partial charge in [0.1, 0.15) is 5.82 Å². The van der Waals surface area contributed by atoms with Gasteiger partial charge in [-0.15, -0.1) is 0 Å². The largest absolute Gasteiger partial charge is 0.342 e. The Bertz CT molecular complexity index is 758. The standard InChI is InChI=1S/C22H21FO2/c1-2-3-4-18-15-24-22(25-16-18)14-7-17-5-8-19(9-6-17)20-10-12-21(23)13-11-20/h2-3,5-6,8-13,18,22H,4,15-16H2,1H3. The lowest BCUT2D eigenvalue weighted by atomic mass is 10.0. The van der Waals surface area contributed by atoms with E-state index in [0.29, 0.717) is 19.1 Å². The topological polar surface area (TPSA) is 18.5 Å². The molecule has 1 aliphatic rings. The van der Waals surface area contributed by atoms with E-state index in [9.17, 15) is 4.39 Å². The van der Waals surface area contributed by atoms with Crippen molar-refractivity contribution in [3.05, 3.63) is 72.1 Å². The number of halogens is 1. The summed E-state index contributed by atoms with van der Waals surface area (Å²) in [4.78, 5) is 0. The molecule has 2 aromatic rings. The van der Waals surface area contributed by atoms with Crippen molar-refractivity contribution >= 4 is 0 Å². The Balaban J connectivity index is 1.58. The third-order valence-corrected chi connectivity index (χ3v) is 4.07. The lowest BCUT2D eigenvalue weighted by Gasteiger charge is -2.25. The SMILES string of the molecule is CC=CCC1COC(C#Cc2ccc(-c3ccc(F)cc3)cc2)OC1. The molecule has 3 rings (SSSR count). The summed E-state index contributed by atoms with van der Waals surface area (Å²) in [5.41, 5.74) is 2.91. The molecule has 25 heavy (non-hydrogen) atoms. The molecule has 0 atom stereocenters. The van der Waals surface area contributed by atoms with Gasteiger partial charge in [-0.05, 0) is 54.7 Å². The van der Waals surface area contributed by atoms with Crippen LogP contribution in [0.15, 0.2) is 60.7 Å². The van der Waals surface area contributed by atoms with Crippen LogP contribution in [0.5, 0.6) is 0 Å². The normalized spacial score (nSPS) is 20.2. The second-order valence-electron chi connectivity index (χ2n) is 6.02. The molecule has 128 valence electrons. The van der Waals surface area contributed by atoms with Gasteiger partial charge in [-0.25, -0.2) is 4.39 Å². The van der Waals surface area contributed by atoms with Crippen LogP contribution in [0, 0.1) is 23.6 Å². The van der Waals surface area contributed by atoms with Gasteiger partial charge in [0.15, 0.2) is 0 Å². The smallest absolute Gasteiger partial charge is 0.222 e. The fraction of sp³-hybridized carbons (Fsp3) is 0.273. The molecular formula is C22H21FO2. The predicted octanol–water partition coefficient (Wildman–Crippen LogP) is 4.80. The molecular weight excluding hydrogens is 315 g/mol. The van der Waals surface area contributed by atoms with E-state index in [2.05, 4.69) is 17.9 Å². The quantitative estimate of drug-likeness (QED) is 0.592. The van der Waals surface area contributed by atoms with Gasteiger partial charge >= 0.3 is 0 Å². The van der Waals surface area contributed by atoms with Gasteiger partial charge in [-0.3, -0.25) is 0 Å². The molecule has 3 heteroatoms. The molecule has 0 saturated carbocycles. The number of ether oxygens (including phenoxy) is 2. The van der Waals surface area contributed by atoms with Gasteiger partial charge in [-0.2, -0.15) is 0 Å². The monoisotopic (exact) mass is 336 g/mol. The maximum absolute atomic E-state index is 13.0. The average molecular weight is 336 g/mol. The predicted molar refractivity (Wildman–Crippen MR) is 97.3 cm³/mol. The molecule has 1 saturated heterocycles. The number of rotatable bonds is 3. The molecule has 0 unspecified atom stereocenters. The third kappa shape index (κ3) is 5.03. The summed E-state index contributed by atoms with van der Waals surface area (Å²) in [6.45, 7) is 3.36. The summed E-state index contributed by atoms with van der Waals surface area (Å²) in [6.07, 6.45) is 4.69. The van der Waals surface area contributed by atoms with Crippen LogP contribution < -0.4 is 0 Å². The van der Waals surface area contributed by atoms with E-state index in [1.54, 1.807) is 12.1 Å². The van der Waals surface area contributed by atoms with Crippen molar-refractivity contribution < 1.29 is 13.9 Å². The molecule has 0 amide bonds. The van der Waals surface area contributed by atoms with E-state index in [4.69, 9.17) is 9.47 Å². The van der Waals surface area contributed by atoms with Crippen molar-refractivity contribution in [2.75, 3.05) is 13.2 Å². The molecule has 0 bridgehead atoms. The van der Waals surface area contributed by atoms with Crippen molar-refractivity contribution in [2.45, 2.75) is 19.6 Å². The Kier molecular flexibility index (Phi) is 6.00. The molecule has 0 radical (unpaired) electrons. The highest BCUT2D eigenvalue weighted by Crippen LogP contribution is 2.20. The molecule has 1 aliphatic heterocycles. The maximum atomic E-state index is 13.0. The summed E-state index contributed by atoms with van der Waals surface area (Å²) in [5.74, 6) is 6.28. The first-order valence-corrected chi connectivity index (χ1v) is 8.46. The highest BCUT2D eigenvalue weighted by atomic mass is 19.1. The van der Waals surface area contributed by atoms with Gasteiger partial charge in [0.05, 0.1) is 13.2 Å². The van der Waals surface area contributed by atoms with E-state index in [1.165, 1.54) is 12.1 Å². The van der Waals surface area contributed by atoms with Crippen molar-refractivity contribution in [3.8, 4) is 23.0 Å². The van der Waals surface area contributed by atoms with Crippen molar-refractivity contribution in [1.82, 2.24) is 0 Å². The van der Waals surface area contributed by atoms with Crippen molar-refractivity contribution in [2.24, 2.45) is 5.92 Å². The minimum absolute atomic E-state index is 0.230. The lowest BCUT2D eigenvalue weighted by Crippen LogP contribution is -2.30. The number of benzene rings is 2. The average Bonchev–Trinajstić information content (AvgIpc) is 2.67. The molecule has 0 N–H and O–H groups in total. The molecule has 0 aromatic heterocycles. The molecule has 1 heterocycles. The summed E-state index contributed by atoms with van der Waals surface area (Å²) >= 11 is 0. The van der Waals surface area contributed by atoms with Crippen LogP contribution in [0.3, 0.4) is 0 Å². The lowest BCUT2D eigenvalue weighted by molar-refractivity contribution is -0.168. The second-order valence-corrected chi connectivity index (χ2v) is 6.02. The summed E-state index contributed by atoms with van der Waals surface area (Å²) < 4.78 is 24.3. The van der Waals surface area contributed by atoms with Crippen LogP contribution in [-0.2, 0) is 9.47 Å². The van der Waals surface area contributed by atoms with Crippen LogP contribution in [0.1, 0.15) is 18.9 Å².